The van der Waals surface area contributed by atoms with Gasteiger partial charge in [-0.1, -0.05) is 13.8 Å². The molecule has 1 aromatic heterocycles. The number of halogens is 1. The summed E-state index contributed by atoms with van der Waals surface area (Å²) >= 11 is 6.09. The maximum absolute atomic E-state index is 12.4. The summed E-state index contributed by atoms with van der Waals surface area (Å²) in [5.41, 5.74) is -0.330. The summed E-state index contributed by atoms with van der Waals surface area (Å²) in [4.78, 5) is 16.6. The van der Waals surface area contributed by atoms with Crippen molar-refractivity contribution < 1.29 is 0 Å². The van der Waals surface area contributed by atoms with Crippen LogP contribution >= 0.6 is 11.6 Å². The Hall–Kier alpha value is -1.03. The van der Waals surface area contributed by atoms with Crippen molar-refractivity contribution in [2.45, 2.75) is 53.0 Å². The average Bonchev–Trinajstić information content (AvgIpc) is 2.41. The summed E-state index contributed by atoms with van der Waals surface area (Å²) in [6, 6.07) is 0. The summed E-state index contributed by atoms with van der Waals surface area (Å²) in [6.07, 6.45) is 5.33. The second kappa shape index (κ2) is 6.61. The zero-order valence-corrected chi connectivity index (χ0v) is 13.9. The molecule has 0 saturated carbocycles. The van der Waals surface area contributed by atoms with E-state index in [1.165, 1.54) is 0 Å². The monoisotopic (exact) mass is 299 g/mol. The lowest BCUT2D eigenvalue weighted by atomic mass is 9.84. The SMILES string of the molecule is CCC(CC)(CCl)CNc1nccn(C(C)(C)C)c1=O. The van der Waals surface area contributed by atoms with Crippen LogP contribution < -0.4 is 10.9 Å². The molecule has 0 aromatic carbocycles. The molecule has 0 radical (unpaired) electrons. The topological polar surface area (TPSA) is 46.9 Å². The fraction of sp³-hybridized carbons (Fsp3) is 0.733. The fourth-order valence-electron chi connectivity index (χ4n) is 2.07. The molecule has 0 aliphatic rings. The van der Waals surface area contributed by atoms with E-state index in [1.54, 1.807) is 17.0 Å². The number of hydrogen-bond donors (Lipinski definition) is 1. The molecule has 0 fully saturated rings. The fourth-order valence-corrected chi connectivity index (χ4v) is 2.54. The Morgan fingerprint density at radius 3 is 2.35 bits per heavy atom. The van der Waals surface area contributed by atoms with Crippen LogP contribution in [-0.2, 0) is 5.54 Å². The highest BCUT2D eigenvalue weighted by atomic mass is 35.5. The van der Waals surface area contributed by atoms with Crippen LogP contribution in [0.15, 0.2) is 17.2 Å². The molecule has 1 N–H and O–H groups in total. The van der Waals surface area contributed by atoms with Crippen molar-refractivity contribution in [1.82, 2.24) is 9.55 Å². The third-order valence-corrected chi connectivity index (χ3v) is 4.54. The molecule has 0 saturated heterocycles. The summed E-state index contributed by atoms with van der Waals surface area (Å²) < 4.78 is 1.70. The standard InChI is InChI=1S/C15H26ClN3O/c1-6-15(7-2,10-16)11-18-12-13(20)19(9-8-17-12)14(3,4)5/h8-9H,6-7,10-11H2,1-5H3,(H,17,18). The van der Waals surface area contributed by atoms with Gasteiger partial charge in [0.05, 0.1) is 0 Å². The molecule has 1 rings (SSSR count). The molecule has 4 nitrogen and oxygen atoms in total. The number of anilines is 1. The molecule has 0 spiro atoms. The van der Waals surface area contributed by atoms with Gasteiger partial charge >= 0.3 is 0 Å². The minimum atomic E-state index is -0.254. The van der Waals surface area contributed by atoms with Gasteiger partial charge in [-0.05, 0) is 33.6 Å². The Labute approximate surface area is 126 Å². The molecule has 1 heterocycles. The summed E-state index contributed by atoms with van der Waals surface area (Å²) in [5.74, 6) is 0.978. The normalized spacial score (nSPS) is 12.5. The zero-order chi connectivity index (χ0) is 15.4. The number of nitrogens with zero attached hydrogens (tertiary/aromatic N) is 2. The molecule has 20 heavy (non-hydrogen) atoms. The molecule has 0 atom stereocenters. The van der Waals surface area contributed by atoms with Gasteiger partial charge in [0, 0.05) is 35.8 Å². The number of aromatic nitrogens is 2. The van der Waals surface area contributed by atoms with Crippen molar-refractivity contribution in [2.24, 2.45) is 5.41 Å². The van der Waals surface area contributed by atoms with E-state index in [1.807, 2.05) is 20.8 Å². The highest BCUT2D eigenvalue weighted by molar-refractivity contribution is 6.18. The van der Waals surface area contributed by atoms with Crippen molar-refractivity contribution in [3.05, 3.63) is 22.7 Å². The van der Waals surface area contributed by atoms with Gasteiger partial charge in [0.2, 0.25) is 0 Å². The Morgan fingerprint density at radius 1 is 1.30 bits per heavy atom. The van der Waals surface area contributed by atoms with E-state index < -0.39 is 0 Å². The molecule has 114 valence electrons. The van der Waals surface area contributed by atoms with E-state index in [0.29, 0.717) is 18.2 Å². The highest BCUT2D eigenvalue weighted by Crippen LogP contribution is 2.27. The van der Waals surface area contributed by atoms with E-state index in [0.717, 1.165) is 12.8 Å². The van der Waals surface area contributed by atoms with Crippen LogP contribution in [0.4, 0.5) is 5.82 Å². The Bertz CT molecular complexity index is 478. The lowest BCUT2D eigenvalue weighted by Gasteiger charge is -2.30. The first kappa shape index (κ1) is 17.0. The maximum atomic E-state index is 12.4. The molecule has 0 unspecified atom stereocenters. The van der Waals surface area contributed by atoms with E-state index in [4.69, 9.17) is 11.6 Å². The number of hydrogen-bond acceptors (Lipinski definition) is 3. The van der Waals surface area contributed by atoms with Gasteiger partial charge in [0.1, 0.15) is 0 Å². The molecule has 0 aliphatic heterocycles. The molecular formula is C15H26ClN3O. The Morgan fingerprint density at radius 2 is 1.90 bits per heavy atom. The maximum Gasteiger partial charge on any atom is 0.293 e. The molecule has 1 aromatic rings. The zero-order valence-electron chi connectivity index (χ0n) is 13.2. The van der Waals surface area contributed by atoms with Crippen molar-refractivity contribution in [3.8, 4) is 0 Å². The third kappa shape index (κ3) is 3.75. The van der Waals surface area contributed by atoms with Crippen LogP contribution in [0, 0.1) is 5.41 Å². The van der Waals surface area contributed by atoms with Gasteiger partial charge in [0.15, 0.2) is 5.82 Å². The first-order valence-electron chi connectivity index (χ1n) is 7.17. The number of nitrogens with one attached hydrogen (secondary N) is 1. The average molecular weight is 300 g/mol. The number of alkyl halides is 1. The quantitative estimate of drug-likeness (QED) is 0.818. The first-order valence-corrected chi connectivity index (χ1v) is 7.71. The largest absolute Gasteiger partial charge is 0.365 e. The van der Waals surface area contributed by atoms with E-state index >= 15 is 0 Å². The van der Waals surface area contributed by atoms with Crippen LogP contribution in [0.5, 0.6) is 0 Å². The van der Waals surface area contributed by atoms with Gasteiger partial charge in [-0.2, -0.15) is 0 Å². The van der Waals surface area contributed by atoms with Gasteiger partial charge in [0.25, 0.3) is 5.56 Å². The van der Waals surface area contributed by atoms with Crippen LogP contribution in [0.3, 0.4) is 0 Å². The minimum absolute atomic E-state index is 0.0120. The van der Waals surface area contributed by atoms with Gasteiger partial charge < -0.3 is 9.88 Å². The smallest absolute Gasteiger partial charge is 0.293 e. The van der Waals surface area contributed by atoms with Crippen molar-refractivity contribution in [1.29, 1.82) is 0 Å². The summed E-state index contributed by atoms with van der Waals surface area (Å²) in [5, 5.41) is 3.19. The number of rotatable bonds is 6. The lowest BCUT2D eigenvalue weighted by Crippen LogP contribution is -2.37. The van der Waals surface area contributed by atoms with Crippen LogP contribution in [0.25, 0.3) is 0 Å². The van der Waals surface area contributed by atoms with E-state index in [2.05, 4.69) is 24.1 Å². The molecule has 0 amide bonds. The minimum Gasteiger partial charge on any atom is -0.365 e. The van der Waals surface area contributed by atoms with Crippen LogP contribution in [0.1, 0.15) is 47.5 Å². The Balaban J connectivity index is 2.98. The summed E-state index contributed by atoms with van der Waals surface area (Å²) in [7, 11) is 0. The molecule has 0 aliphatic carbocycles. The first-order chi connectivity index (χ1) is 9.29. The van der Waals surface area contributed by atoms with Crippen LogP contribution in [-0.4, -0.2) is 22.0 Å². The lowest BCUT2D eigenvalue weighted by molar-refractivity contribution is 0.326. The van der Waals surface area contributed by atoms with Crippen LogP contribution in [0.2, 0.25) is 0 Å². The second-order valence-corrected chi connectivity index (χ2v) is 6.58. The predicted molar refractivity (Wildman–Crippen MR) is 85.7 cm³/mol. The van der Waals surface area contributed by atoms with Gasteiger partial charge in [-0.3, -0.25) is 4.79 Å². The van der Waals surface area contributed by atoms with E-state index in [9.17, 15) is 4.79 Å². The Kier molecular flexibility index (Phi) is 5.63. The molecule has 5 heteroatoms. The highest BCUT2D eigenvalue weighted by Gasteiger charge is 2.26. The molecular weight excluding hydrogens is 274 g/mol. The summed E-state index contributed by atoms with van der Waals surface area (Å²) in [6.45, 7) is 10.9. The third-order valence-electron chi connectivity index (χ3n) is 3.98. The van der Waals surface area contributed by atoms with Crippen molar-refractivity contribution in [3.63, 3.8) is 0 Å². The van der Waals surface area contributed by atoms with E-state index in [-0.39, 0.29) is 16.5 Å². The van der Waals surface area contributed by atoms with Gasteiger partial charge in [-0.25, -0.2) is 4.98 Å². The predicted octanol–water partition coefficient (Wildman–Crippen LogP) is 3.46. The van der Waals surface area contributed by atoms with Crippen molar-refractivity contribution >= 4 is 17.4 Å². The second-order valence-electron chi connectivity index (χ2n) is 6.32. The van der Waals surface area contributed by atoms with Crippen molar-refractivity contribution in [2.75, 3.05) is 17.7 Å². The van der Waals surface area contributed by atoms with Gasteiger partial charge in [-0.15, -0.1) is 11.6 Å². The molecule has 0 bridgehead atoms.